The van der Waals surface area contributed by atoms with E-state index in [0.717, 1.165) is 32.5 Å². The largest absolute Gasteiger partial charge is 0.338 e. The van der Waals surface area contributed by atoms with Gasteiger partial charge in [-0.15, -0.1) is 0 Å². The number of allylic oxidation sites excluding steroid dienone is 1. The molecule has 1 saturated heterocycles. The summed E-state index contributed by atoms with van der Waals surface area (Å²) in [6, 6.07) is 0.120. The molecule has 0 aromatic heterocycles. The smallest absolute Gasteiger partial charge is 0.317 e. The zero-order valence-corrected chi connectivity index (χ0v) is 8.59. The quantitative estimate of drug-likeness (QED) is 0.684. The lowest BCUT2D eigenvalue weighted by Gasteiger charge is -2.27. The highest BCUT2D eigenvalue weighted by molar-refractivity contribution is 5.74. The molecule has 2 aliphatic rings. The van der Waals surface area contributed by atoms with E-state index in [1.165, 1.54) is 19.3 Å². The number of carbonyl (C=O) groups excluding carboxylic acids is 1. The molecule has 0 aromatic carbocycles. The monoisotopic (exact) mass is 194 g/mol. The topological polar surface area (TPSA) is 32.3 Å². The van der Waals surface area contributed by atoms with E-state index in [0.29, 0.717) is 0 Å². The lowest BCUT2D eigenvalue weighted by Crippen LogP contribution is -2.46. The van der Waals surface area contributed by atoms with Crippen molar-refractivity contribution in [3.63, 3.8) is 0 Å². The third kappa shape index (κ3) is 2.28. The van der Waals surface area contributed by atoms with Gasteiger partial charge in [0.2, 0.25) is 0 Å². The van der Waals surface area contributed by atoms with Gasteiger partial charge in [0.05, 0.1) is 0 Å². The summed E-state index contributed by atoms with van der Waals surface area (Å²) in [5.74, 6) is 0. The molecule has 1 fully saturated rings. The van der Waals surface area contributed by atoms with Crippen LogP contribution >= 0.6 is 0 Å². The zero-order valence-electron chi connectivity index (χ0n) is 8.59. The highest BCUT2D eigenvalue weighted by Gasteiger charge is 2.17. The minimum Gasteiger partial charge on any atom is -0.338 e. The molecule has 0 bridgehead atoms. The van der Waals surface area contributed by atoms with Crippen LogP contribution in [0.1, 0.15) is 32.1 Å². The zero-order chi connectivity index (χ0) is 9.80. The standard InChI is InChI=1S/C11H18N2O/c14-11-12-7-3-8-13(11)9-6-10-4-1-2-5-10/h4H,1-3,5-9H2,(H,12,14). The van der Waals surface area contributed by atoms with Crippen LogP contribution < -0.4 is 5.32 Å². The summed E-state index contributed by atoms with van der Waals surface area (Å²) >= 11 is 0. The Hall–Kier alpha value is -0.990. The maximum Gasteiger partial charge on any atom is 0.317 e. The number of hydrogen-bond acceptors (Lipinski definition) is 1. The number of amides is 2. The molecule has 0 radical (unpaired) electrons. The molecule has 1 heterocycles. The van der Waals surface area contributed by atoms with Crippen molar-refractivity contribution in [3.8, 4) is 0 Å². The van der Waals surface area contributed by atoms with Crippen LogP contribution in [0.5, 0.6) is 0 Å². The summed E-state index contributed by atoms with van der Waals surface area (Å²) < 4.78 is 0. The van der Waals surface area contributed by atoms with Crippen LogP contribution in [0.25, 0.3) is 0 Å². The molecule has 2 rings (SSSR count). The Morgan fingerprint density at radius 1 is 1.43 bits per heavy atom. The fourth-order valence-corrected chi connectivity index (χ4v) is 2.13. The van der Waals surface area contributed by atoms with Crippen LogP contribution in [-0.2, 0) is 0 Å². The Bertz CT molecular complexity index is 248. The SMILES string of the molecule is O=C1NCCCN1CCC1=CCCC1. The maximum atomic E-state index is 11.4. The Balaban J connectivity index is 1.76. The van der Waals surface area contributed by atoms with Gasteiger partial charge in [-0.05, 0) is 32.1 Å². The van der Waals surface area contributed by atoms with Crippen molar-refractivity contribution in [1.82, 2.24) is 10.2 Å². The molecule has 0 unspecified atom stereocenters. The Morgan fingerprint density at radius 2 is 2.36 bits per heavy atom. The Labute approximate surface area is 85.2 Å². The fraction of sp³-hybridized carbons (Fsp3) is 0.727. The second kappa shape index (κ2) is 4.49. The van der Waals surface area contributed by atoms with Gasteiger partial charge in [-0.2, -0.15) is 0 Å². The van der Waals surface area contributed by atoms with Crippen molar-refractivity contribution in [2.45, 2.75) is 32.1 Å². The number of urea groups is 1. The van der Waals surface area contributed by atoms with Gasteiger partial charge in [-0.1, -0.05) is 11.6 Å². The summed E-state index contributed by atoms with van der Waals surface area (Å²) in [5, 5.41) is 2.88. The molecular formula is C11H18N2O. The average molecular weight is 194 g/mol. The molecule has 0 aromatic rings. The summed E-state index contributed by atoms with van der Waals surface area (Å²) in [7, 11) is 0. The predicted octanol–water partition coefficient (Wildman–Crippen LogP) is 1.90. The first-order chi connectivity index (χ1) is 6.86. The third-order valence-corrected chi connectivity index (χ3v) is 3.01. The van der Waals surface area contributed by atoms with Gasteiger partial charge in [0, 0.05) is 19.6 Å². The first kappa shape index (κ1) is 9.56. The highest BCUT2D eigenvalue weighted by Crippen LogP contribution is 2.20. The first-order valence-corrected chi connectivity index (χ1v) is 5.57. The number of hydrogen-bond donors (Lipinski definition) is 1. The van der Waals surface area contributed by atoms with Gasteiger partial charge in [0.1, 0.15) is 0 Å². The number of rotatable bonds is 3. The van der Waals surface area contributed by atoms with E-state index in [-0.39, 0.29) is 6.03 Å². The Kier molecular flexibility index (Phi) is 3.07. The van der Waals surface area contributed by atoms with Crippen LogP contribution in [0.3, 0.4) is 0 Å². The summed E-state index contributed by atoms with van der Waals surface area (Å²) in [6.45, 7) is 2.68. The minimum atomic E-state index is 0.120. The van der Waals surface area contributed by atoms with Crippen molar-refractivity contribution in [2.24, 2.45) is 0 Å². The third-order valence-electron chi connectivity index (χ3n) is 3.01. The lowest BCUT2D eigenvalue weighted by molar-refractivity contribution is 0.187. The minimum absolute atomic E-state index is 0.120. The van der Waals surface area contributed by atoms with E-state index in [1.54, 1.807) is 5.57 Å². The maximum absolute atomic E-state index is 11.4. The average Bonchev–Trinajstić information content (AvgIpc) is 2.69. The van der Waals surface area contributed by atoms with E-state index in [4.69, 9.17) is 0 Å². The van der Waals surface area contributed by atoms with Crippen molar-refractivity contribution >= 4 is 6.03 Å². The normalized spacial score (nSPS) is 22.1. The molecular weight excluding hydrogens is 176 g/mol. The molecule has 0 atom stereocenters. The molecule has 14 heavy (non-hydrogen) atoms. The van der Waals surface area contributed by atoms with Crippen molar-refractivity contribution in [3.05, 3.63) is 11.6 Å². The van der Waals surface area contributed by atoms with Gasteiger partial charge in [-0.25, -0.2) is 4.79 Å². The predicted molar refractivity (Wildman–Crippen MR) is 56.1 cm³/mol. The lowest BCUT2D eigenvalue weighted by atomic mass is 10.1. The summed E-state index contributed by atoms with van der Waals surface area (Å²) in [6.07, 6.45) is 8.29. The van der Waals surface area contributed by atoms with Gasteiger partial charge in [-0.3, -0.25) is 0 Å². The molecule has 78 valence electrons. The van der Waals surface area contributed by atoms with Gasteiger partial charge in [0.15, 0.2) is 0 Å². The number of nitrogens with one attached hydrogen (secondary N) is 1. The number of carbonyl (C=O) groups is 1. The van der Waals surface area contributed by atoms with Crippen molar-refractivity contribution < 1.29 is 4.79 Å². The van der Waals surface area contributed by atoms with E-state index in [1.807, 2.05) is 4.90 Å². The molecule has 1 N–H and O–H groups in total. The van der Waals surface area contributed by atoms with Crippen LogP contribution in [-0.4, -0.2) is 30.6 Å². The molecule has 3 heteroatoms. The summed E-state index contributed by atoms with van der Waals surface area (Å²) in [4.78, 5) is 13.3. The van der Waals surface area contributed by atoms with Gasteiger partial charge < -0.3 is 10.2 Å². The number of nitrogens with zero attached hydrogens (tertiary/aromatic N) is 1. The molecule has 2 amide bonds. The van der Waals surface area contributed by atoms with Crippen LogP contribution in [0.2, 0.25) is 0 Å². The molecule has 3 nitrogen and oxygen atoms in total. The highest BCUT2D eigenvalue weighted by atomic mass is 16.2. The van der Waals surface area contributed by atoms with Gasteiger partial charge >= 0.3 is 6.03 Å². The van der Waals surface area contributed by atoms with Crippen molar-refractivity contribution in [1.29, 1.82) is 0 Å². The van der Waals surface area contributed by atoms with Crippen LogP contribution in [0, 0.1) is 0 Å². The molecule has 1 aliphatic carbocycles. The first-order valence-electron chi connectivity index (χ1n) is 5.57. The van der Waals surface area contributed by atoms with Crippen molar-refractivity contribution in [2.75, 3.05) is 19.6 Å². The fourth-order valence-electron chi connectivity index (χ4n) is 2.13. The van der Waals surface area contributed by atoms with E-state index in [9.17, 15) is 4.79 Å². The second-order valence-corrected chi connectivity index (χ2v) is 4.08. The molecule has 0 saturated carbocycles. The van der Waals surface area contributed by atoms with Crippen LogP contribution in [0.4, 0.5) is 4.79 Å². The van der Waals surface area contributed by atoms with Gasteiger partial charge in [0.25, 0.3) is 0 Å². The second-order valence-electron chi connectivity index (χ2n) is 4.08. The Morgan fingerprint density at radius 3 is 3.07 bits per heavy atom. The van der Waals surface area contributed by atoms with E-state index < -0.39 is 0 Å². The molecule has 1 aliphatic heterocycles. The van der Waals surface area contributed by atoms with Crippen LogP contribution in [0.15, 0.2) is 11.6 Å². The van der Waals surface area contributed by atoms with E-state index in [2.05, 4.69) is 11.4 Å². The van der Waals surface area contributed by atoms with E-state index >= 15 is 0 Å². The molecule has 0 spiro atoms. The summed E-state index contributed by atoms with van der Waals surface area (Å²) in [5.41, 5.74) is 1.54.